The van der Waals surface area contributed by atoms with Crippen LogP contribution in [0.5, 0.6) is 0 Å². The second-order valence-electron chi connectivity index (χ2n) is 3.23. The van der Waals surface area contributed by atoms with Crippen LogP contribution < -0.4 is 0 Å². The van der Waals surface area contributed by atoms with Crippen LogP contribution in [0.15, 0.2) is 42.5 Å². The Morgan fingerprint density at radius 1 is 1.07 bits per heavy atom. The first-order valence-electron chi connectivity index (χ1n) is 4.81. The molecule has 1 nitrogen and oxygen atoms in total. The molecule has 0 radical (unpaired) electrons. The summed E-state index contributed by atoms with van der Waals surface area (Å²) in [6.45, 7) is 0. The number of hydrogen-bond acceptors (Lipinski definition) is 1. The first kappa shape index (κ1) is 9.48. The number of hydrogen-bond donors (Lipinski definition) is 0. The second-order valence-corrected chi connectivity index (χ2v) is 3.23. The van der Waals surface area contributed by atoms with E-state index in [2.05, 4.69) is 24.0 Å². The summed E-state index contributed by atoms with van der Waals surface area (Å²) >= 11 is 0. The zero-order chi connectivity index (χ0) is 10.5. The van der Waals surface area contributed by atoms with Crippen molar-refractivity contribution in [3.8, 4) is 11.8 Å². The fourth-order valence-corrected chi connectivity index (χ4v) is 1.46. The molecule has 2 rings (SSSR count). The fourth-order valence-electron chi connectivity index (χ4n) is 1.46. The van der Waals surface area contributed by atoms with E-state index in [0.717, 1.165) is 11.8 Å². The highest BCUT2D eigenvalue weighted by atomic mass is 16.1. The van der Waals surface area contributed by atoms with Crippen molar-refractivity contribution in [3.05, 3.63) is 48.0 Å². The van der Waals surface area contributed by atoms with E-state index in [0.29, 0.717) is 6.42 Å². The van der Waals surface area contributed by atoms with Gasteiger partial charge in [0, 0.05) is 5.56 Å². The molecule has 0 N–H and O–H groups in total. The van der Waals surface area contributed by atoms with Gasteiger partial charge in [-0.25, -0.2) is 0 Å². The molecule has 0 aromatic heterocycles. The van der Waals surface area contributed by atoms with Crippen molar-refractivity contribution in [2.24, 2.45) is 0 Å². The molecule has 0 saturated carbocycles. The molecule has 0 bridgehead atoms. The third-order valence-electron chi connectivity index (χ3n) is 2.17. The van der Waals surface area contributed by atoms with Crippen LogP contribution in [-0.2, 0) is 4.79 Å². The second kappa shape index (κ2) is 4.43. The first-order valence-corrected chi connectivity index (χ1v) is 4.81. The molecule has 0 heterocycles. The Morgan fingerprint density at radius 3 is 2.67 bits per heavy atom. The lowest BCUT2D eigenvalue weighted by molar-refractivity contribution is -0.107. The molecule has 0 unspecified atom stereocenters. The summed E-state index contributed by atoms with van der Waals surface area (Å²) in [5, 5.41) is 2.38. The number of aldehydes is 1. The van der Waals surface area contributed by atoms with Crippen LogP contribution in [-0.4, -0.2) is 6.29 Å². The van der Waals surface area contributed by atoms with E-state index in [-0.39, 0.29) is 0 Å². The van der Waals surface area contributed by atoms with Crippen molar-refractivity contribution in [2.75, 3.05) is 0 Å². The Bertz CT molecular complexity index is 544. The molecule has 72 valence electrons. The summed E-state index contributed by atoms with van der Waals surface area (Å²) in [4.78, 5) is 10.1. The normalized spacial score (nSPS) is 9.33. The third kappa shape index (κ3) is 2.24. The molecular formula is C14H10O. The molecule has 0 fully saturated rings. The number of rotatable bonds is 1. The Hall–Kier alpha value is -2.07. The van der Waals surface area contributed by atoms with Crippen LogP contribution in [0, 0.1) is 11.8 Å². The van der Waals surface area contributed by atoms with Gasteiger partial charge in [0.25, 0.3) is 0 Å². The Balaban J connectivity index is 2.40. The maximum Gasteiger partial charge on any atom is 0.131 e. The van der Waals surface area contributed by atoms with E-state index in [1.807, 2.05) is 30.3 Å². The molecule has 0 aliphatic rings. The summed E-state index contributed by atoms with van der Waals surface area (Å²) in [5.74, 6) is 5.75. The molecule has 0 aliphatic heterocycles. The lowest BCUT2D eigenvalue weighted by Crippen LogP contribution is -1.76. The molecular weight excluding hydrogens is 184 g/mol. The molecule has 0 aliphatic carbocycles. The average molecular weight is 194 g/mol. The maximum atomic E-state index is 10.1. The molecule has 2 aromatic rings. The zero-order valence-corrected chi connectivity index (χ0v) is 8.23. The van der Waals surface area contributed by atoms with Gasteiger partial charge in [-0.1, -0.05) is 42.2 Å². The van der Waals surface area contributed by atoms with Gasteiger partial charge >= 0.3 is 0 Å². The van der Waals surface area contributed by atoms with E-state index >= 15 is 0 Å². The summed E-state index contributed by atoms with van der Waals surface area (Å²) in [7, 11) is 0. The van der Waals surface area contributed by atoms with E-state index in [1.165, 1.54) is 10.8 Å². The van der Waals surface area contributed by atoms with Gasteiger partial charge < -0.3 is 4.79 Å². The van der Waals surface area contributed by atoms with Gasteiger partial charge in [0.15, 0.2) is 0 Å². The molecule has 0 saturated heterocycles. The lowest BCUT2D eigenvalue weighted by Gasteiger charge is -1.96. The third-order valence-corrected chi connectivity index (χ3v) is 2.17. The van der Waals surface area contributed by atoms with E-state index in [4.69, 9.17) is 0 Å². The quantitative estimate of drug-likeness (QED) is 0.504. The maximum absolute atomic E-state index is 10.1. The van der Waals surface area contributed by atoms with Gasteiger partial charge in [0.1, 0.15) is 6.29 Å². The van der Waals surface area contributed by atoms with Crippen molar-refractivity contribution in [1.82, 2.24) is 0 Å². The SMILES string of the molecule is O=CCC#Cc1ccc2ccccc2c1. The van der Waals surface area contributed by atoms with Gasteiger partial charge in [-0.3, -0.25) is 0 Å². The van der Waals surface area contributed by atoms with Gasteiger partial charge in [-0.2, -0.15) is 0 Å². The minimum Gasteiger partial charge on any atom is -0.302 e. The van der Waals surface area contributed by atoms with Crippen molar-refractivity contribution in [2.45, 2.75) is 6.42 Å². The van der Waals surface area contributed by atoms with Gasteiger partial charge in [0.05, 0.1) is 6.42 Å². The standard InChI is InChI=1S/C14H10O/c15-10-4-3-5-12-8-9-13-6-1-2-7-14(13)11-12/h1-2,6-11H,4H2. The van der Waals surface area contributed by atoms with Crippen LogP contribution in [0.3, 0.4) is 0 Å². The number of carbonyl (C=O) groups excluding carboxylic acids is 1. The molecule has 1 heteroatoms. The van der Waals surface area contributed by atoms with E-state index in [1.54, 1.807) is 0 Å². The van der Waals surface area contributed by atoms with Crippen LogP contribution in [0.25, 0.3) is 10.8 Å². The fraction of sp³-hybridized carbons (Fsp3) is 0.0714. The van der Waals surface area contributed by atoms with Crippen molar-refractivity contribution in [1.29, 1.82) is 0 Å². The van der Waals surface area contributed by atoms with Crippen molar-refractivity contribution in [3.63, 3.8) is 0 Å². The first-order chi connectivity index (χ1) is 7.40. The summed E-state index contributed by atoms with van der Waals surface area (Å²) in [6, 6.07) is 14.2. The van der Waals surface area contributed by atoms with Gasteiger partial charge in [0.2, 0.25) is 0 Å². The summed E-state index contributed by atoms with van der Waals surface area (Å²) in [6.07, 6.45) is 1.11. The van der Waals surface area contributed by atoms with Crippen LogP contribution in [0.1, 0.15) is 12.0 Å². The minimum absolute atomic E-state index is 0.298. The molecule has 15 heavy (non-hydrogen) atoms. The highest BCUT2D eigenvalue weighted by molar-refractivity contribution is 5.83. The van der Waals surface area contributed by atoms with E-state index < -0.39 is 0 Å². The van der Waals surface area contributed by atoms with Crippen molar-refractivity contribution < 1.29 is 4.79 Å². The van der Waals surface area contributed by atoms with Crippen LogP contribution in [0.2, 0.25) is 0 Å². The number of benzene rings is 2. The highest BCUT2D eigenvalue weighted by Crippen LogP contribution is 2.14. The summed E-state index contributed by atoms with van der Waals surface area (Å²) in [5.41, 5.74) is 0.954. The monoisotopic (exact) mass is 194 g/mol. The van der Waals surface area contributed by atoms with Crippen LogP contribution in [0.4, 0.5) is 0 Å². The molecule has 0 amide bonds. The molecule has 2 aromatic carbocycles. The Kier molecular flexibility index (Phi) is 2.80. The van der Waals surface area contributed by atoms with Gasteiger partial charge in [-0.15, -0.1) is 0 Å². The van der Waals surface area contributed by atoms with E-state index in [9.17, 15) is 4.79 Å². The number of fused-ring (bicyclic) bond motifs is 1. The zero-order valence-electron chi connectivity index (χ0n) is 8.23. The largest absolute Gasteiger partial charge is 0.302 e. The average Bonchev–Trinajstić information content (AvgIpc) is 2.29. The Morgan fingerprint density at radius 2 is 1.87 bits per heavy atom. The molecule has 0 spiro atoms. The topological polar surface area (TPSA) is 17.1 Å². The van der Waals surface area contributed by atoms with Gasteiger partial charge in [-0.05, 0) is 22.9 Å². The van der Waals surface area contributed by atoms with Crippen LogP contribution >= 0.6 is 0 Å². The highest BCUT2D eigenvalue weighted by Gasteiger charge is 1.92. The smallest absolute Gasteiger partial charge is 0.131 e. The van der Waals surface area contributed by atoms with Crippen molar-refractivity contribution >= 4 is 17.1 Å². The Labute approximate surface area is 88.7 Å². The predicted octanol–water partition coefficient (Wildman–Crippen LogP) is 2.78. The minimum atomic E-state index is 0.298. The predicted molar refractivity (Wildman–Crippen MR) is 61.5 cm³/mol. The molecule has 0 atom stereocenters. The summed E-state index contributed by atoms with van der Waals surface area (Å²) < 4.78 is 0. The number of carbonyl (C=O) groups is 1. The lowest BCUT2D eigenvalue weighted by atomic mass is 10.1.